The molecule has 1 rings (SSSR count). The fourth-order valence-corrected chi connectivity index (χ4v) is 1.96. The molecule has 0 heterocycles. The number of hydrogen-bond acceptors (Lipinski definition) is 3. The van der Waals surface area contributed by atoms with Crippen LogP contribution in [-0.2, 0) is 9.53 Å². The molecule has 20 heavy (non-hydrogen) atoms. The molecule has 0 aromatic heterocycles. The number of rotatable bonds is 8. The topological polar surface area (TPSA) is 50.4 Å². The Morgan fingerprint density at radius 3 is 2.80 bits per heavy atom. The molecule has 6 heteroatoms. The van der Waals surface area contributed by atoms with Gasteiger partial charge in [0, 0.05) is 25.1 Å². The maximum absolute atomic E-state index is 11.6. The molecular weight excluding hydrogens is 299 g/mol. The van der Waals surface area contributed by atoms with Crippen LogP contribution in [0.15, 0.2) is 24.3 Å². The average Bonchev–Trinajstić information content (AvgIpc) is 2.40. The first-order valence-corrected chi connectivity index (χ1v) is 6.74. The smallest absolute Gasteiger partial charge is 0.220 e. The van der Waals surface area contributed by atoms with E-state index in [-0.39, 0.29) is 24.4 Å². The molecule has 4 nitrogen and oxygen atoms in total. The Morgan fingerprint density at radius 2 is 2.20 bits per heavy atom. The van der Waals surface area contributed by atoms with E-state index in [2.05, 4.69) is 10.6 Å². The van der Waals surface area contributed by atoms with Crippen LogP contribution in [0.3, 0.4) is 0 Å². The van der Waals surface area contributed by atoms with Gasteiger partial charge in [0.05, 0.1) is 6.10 Å². The van der Waals surface area contributed by atoms with Crippen LogP contribution in [0.5, 0.6) is 0 Å². The number of amides is 1. The second kappa shape index (κ2) is 10.9. The first kappa shape index (κ1) is 19.2. The Morgan fingerprint density at radius 1 is 1.45 bits per heavy atom. The molecule has 0 radical (unpaired) electrons. The Hall–Kier alpha value is -0.810. The maximum Gasteiger partial charge on any atom is 0.220 e. The van der Waals surface area contributed by atoms with Crippen LogP contribution in [0, 0.1) is 0 Å². The molecule has 1 amide bonds. The van der Waals surface area contributed by atoms with Gasteiger partial charge in [-0.15, -0.1) is 12.4 Å². The summed E-state index contributed by atoms with van der Waals surface area (Å²) in [5, 5.41) is 6.55. The molecule has 0 aliphatic carbocycles. The molecule has 0 bridgehead atoms. The number of methoxy groups -OCH3 is 1. The lowest BCUT2D eigenvalue weighted by atomic mass is 10.1. The summed E-state index contributed by atoms with van der Waals surface area (Å²) in [4.78, 5) is 11.6. The predicted octanol–water partition coefficient (Wildman–Crippen LogP) is 2.57. The van der Waals surface area contributed by atoms with Gasteiger partial charge in [0.1, 0.15) is 0 Å². The summed E-state index contributed by atoms with van der Waals surface area (Å²) in [6, 6.07) is 7.47. The number of halogens is 2. The van der Waals surface area contributed by atoms with Gasteiger partial charge in [-0.05, 0) is 37.7 Å². The highest BCUT2D eigenvalue weighted by atomic mass is 35.5. The van der Waals surface area contributed by atoms with Crippen LogP contribution in [0.1, 0.15) is 24.5 Å². The number of carbonyl (C=O) groups excluding carboxylic acids is 1. The van der Waals surface area contributed by atoms with Gasteiger partial charge in [-0.3, -0.25) is 4.79 Å². The summed E-state index contributed by atoms with van der Waals surface area (Å²) in [6.45, 7) is 1.30. The van der Waals surface area contributed by atoms with E-state index in [1.165, 1.54) is 0 Å². The fraction of sp³-hybridized carbons (Fsp3) is 0.500. The zero-order valence-electron chi connectivity index (χ0n) is 11.8. The largest absolute Gasteiger partial charge is 0.375 e. The number of nitrogens with one attached hydrogen (secondary N) is 2. The monoisotopic (exact) mass is 320 g/mol. The summed E-state index contributed by atoms with van der Waals surface area (Å²) in [5.41, 5.74) is 0.963. The van der Waals surface area contributed by atoms with Crippen molar-refractivity contribution >= 4 is 29.9 Å². The fourth-order valence-electron chi connectivity index (χ4n) is 1.76. The summed E-state index contributed by atoms with van der Waals surface area (Å²) in [7, 11) is 3.50. The summed E-state index contributed by atoms with van der Waals surface area (Å²) < 4.78 is 5.38. The van der Waals surface area contributed by atoms with Crippen LogP contribution < -0.4 is 10.6 Å². The normalized spacial score (nSPS) is 11.6. The van der Waals surface area contributed by atoms with Crippen molar-refractivity contribution in [3.8, 4) is 0 Å². The van der Waals surface area contributed by atoms with Crippen molar-refractivity contribution in [2.75, 3.05) is 27.2 Å². The minimum atomic E-state index is -0.174. The number of carbonyl (C=O) groups is 1. The molecule has 0 fully saturated rings. The molecule has 1 aromatic carbocycles. The van der Waals surface area contributed by atoms with Gasteiger partial charge >= 0.3 is 0 Å². The highest BCUT2D eigenvalue weighted by molar-refractivity contribution is 6.30. The van der Waals surface area contributed by atoms with E-state index in [4.69, 9.17) is 16.3 Å². The molecule has 1 aromatic rings. The van der Waals surface area contributed by atoms with Gasteiger partial charge in [0.25, 0.3) is 0 Å². The Balaban J connectivity index is 0.00000361. The van der Waals surface area contributed by atoms with E-state index in [1.54, 1.807) is 7.11 Å². The van der Waals surface area contributed by atoms with Crippen LogP contribution in [0.25, 0.3) is 0 Å². The van der Waals surface area contributed by atoms with Crippen molar-refractivity contribution in [3.05, 3.63) is 34.9 Å². The van der Waals surface area contributed by atoms with Crippen LogP contribution >= 0.6 is 24.0 Å². The summed E-state index contributed by atoms with van der Waals surface area (Å²) in [5.74, 6) is 0.0410. The van der Waals surface area contributed by atoms with Crippen molar-refractivity contribution in [1.82, 2.24) is 10.6 Å². The molecule has 2 N–H and O–H groups in total. The average molecular weight is 321 g/mol. The standard InChI is InChI=1S/C14H21ClN2O2.ClH/c1-16-8-4-7-14(18)17-10-13(19-2)11-5-3-6-12(15)9-11;/h3,5-6,9,13,16H,4,7-8,10H2,1-2H3,(H,17,18);1H. The van der Waals surface area contributed by atoms with E-state index in [0.717, 1.165) is 18.5 Å². The first-order chi connectivity index (χ1) is 9.17. The zero-order valence-corrected chi connectivity index (χ0v) is 13.4. The SMILES string of the molecule is CNCCCC(=O)NCC(OC)c1cccc(Cl)c1.Cl. The van der Waals surface area contributed by atoms with E-state index < -0.39 is 0 Å². The third-order valence-corrected chi connectivity index (χ3v) is 3.06. The van der Waals surface area contributed by atoms with Gasteiger partial charge in [0.2, 0.25) is 5.91 Å². The van der Waals surface area contributed by atoms with Crippen molar-refractivity contribution in [3.63, 3.8) is 0 Å². The maximum atomic E-state index is 11.6. The van der Waals surface area contributed by atoms with Crippen LogP contribution in [0.4, 0.5) is 0 Å². The van der Waals surface area contributed by atoms with E-state index >= 15 is 0 Å². The summed E-state index contributed by atoms with van der Waals surface area (Å²) >= 11 is 5.94. The molecule has 0 saturated heterocycles. The van der Waals surface area contributed by atoms with Crippen molar-refractivity contribution in [2.24, 2.45) is 0 Å². The Labute approximate surface area is 131 Å². The molecule has 0 saturated carbocycles. The van der Waals surface area contributed by atoms with E-state index in [0.29, 0.717) is 18.0 Å². The number of hydrogen-bond donors (Lipinski definition) is 2. The van der Waals surface area contributed by atoms with Gasteiger partial charge in [-0.25, -0.2) is 0 Å². The molecular formula is C14H22Cl2N2O2. The second-order valence-electron chi connectivity index (χ2n) is 4.29. The molecule has 0 aliphatic rings. The number of benzene rings is 1. The third-order valence-electron chi connectivity index (χ3n) is 2.82. The highest BCUT2D eigenvalue weighted by Crippen LogP contribution is 2.19. The first-order valence-electron chi connectivity index (χ1n) is 6.37. The summed E-state index contributed by atoms with van der Waals surface area (Å²) in [6.07, 6.45) is 1.18. The van der Waals surface area contributed by atoms with E-state index in [9.17, 15) is 4.79 Å². The van der Waals surface area contributed by atoms with Crippen LogP contribution in [-0.4, -0.2) is 33.2 Å². The minimum Gasteiger partial charge on any atom is -0.375 e. The third kappa shape index (κ3) is 7.10. The molecule has 1 atom stereocenters. The zero-order chi connectivity index (χ0) is 14.1. The molecule has 114 valence electrons. The molecule has 1 unspecified atom stereocenters. The second-order valence-corrected chi connectivity index (χ2v) is 4.73. The van der Waals surface area contributed by atoms with Crippen molar-refractivity contribution < 1.29 is 9.53 Å². The lowest BCUT2D eigenvalue weighted by Gasteiger charge is -2.16. The molecule has 0 aliphatic heterocycles. The van der Waals surface area contributed by atoms with Crippen molar-refractivity contribution in [2.45, 2.75) is 18.9 Å². The lowest BCUT2D eigenvalue weighted by Crippen LogP contribution is -2.29. The highest BCUT2D eigenvalue weighted by Gasteiger charge is 2.12. The quantitative estimate of drug-likeness (QED) is 0.724. The van der Waals surface area contributed by atoms with Gasteiger partial charge in [-0.1, -0.05) is 23.7 Å². The predicted molar refractivity (Wildman–Crippen MR) is 84.6 cm³/mol. The van der Waals surface area contributed by atoms with Crippen LogP contribution in [0.2, 0.25) is 5.02 Å². The Kier molecular flexibility index (Phi) is 10.5. The van der Waals surface area contributed by atoms with Gasteiger partial charge < -0.3 is 15.4 Å². The van der Waals surface area contributed by atoms with E-state index in [1.807, 2.05) is 31.3 Å². The number of ether oxygens (including phenoxy) is 1. The van der Waals surface area contributed by atoms with Gasteiger partial charge in [0.15, 0.2) is 0 Å². The minimum absolute atomic E-state index is 0. The van der Waals surface area contributed by atoms with Gasteiger partial charge in [-0.2, -0.15) is 0 Å². The lowest BCUT2D eigenvalue weighted by molar-refractivity contribution is -0.121. The Bertz CT molecular complexity index is 403. The van der Waals surface area contributed by atoms with Crippen molar-refractivity contribution in [1.29, 1.82) is 0 Å². The molecule has 0 spiro atoms.